The van der Waals surface area contributed by atoms with Gasteiger partial charge in [0.25, 0.3) is 0 Å². The molecule has 0 bridgehead atoms. The highest BCUT2D eigenvalue weighted by atomic mass is 16.5. The molecule has 150 valence electrons. The molecule has 27 heavy (non-hydrogen) atoms. The number of hydrogen-bond acceptors (Lipinski definition) is 5. The Morgan fingerprint density at radius 2 is 2.15 bits per heavy atom. The van der Waals surface area contributed by atoms with E-state index in [4.69, 9.17) is 4.74 Å². The van der Waals surface area contributed by atoms with E-state index in [2.05, 4.69) is 25.7 Å². The van der Waals surface area contributed by atoms with Crippen LogP contribution in [0.5, 0.6) is 0 Å². The Morgan fingerprint density at radius 3 is 2.89 bits per heavy atom. The third-order valence-corrected chi connectivity index (χ3v) is 4.94. The summed E-state index contributed by atoms with van der Waals surface area (Å²) in [6.07, 6.45) is 5.23. The molecule has 9 nitrogen and oxygen atoms in total. The number of methoxy groups -OCH3 is 1. The van der Waals surface area contributed by atoms with Gasteiger partial charge in [-0.05, 0) is 32.6 Å². The maximum absolute atomic E-state index is 12.4. The van der Waals surface area contributed by atoms with Crippen molar-refractivity contribution >= 4 is 11.9 Å². The maximum Gasteiger partial charge on any atom is 0.244 e. The van der Waals surface area contributed by atoms with Crippen LogP contribution in [0.25, 0.3) is 0 Å². The zero-order valence-electron chi connectivity index (χ0n) is 16.4. The van der Waals surface area contributed by atoms with Gasteiger partial charge >= 0.3 is 0 Å². The molecule has 0 saturated carbocycles. The van der Waals surface area contributed by atoms with Gasteiger partial charge in [-0.1, -0.05) is 0 Å². The highest BCUT2D eigenvalue weighted by Crippen LogP contribution is 2.13. The molecule has 1 saturated heterocycles. The zero-order chi connectivity index (χ0) is 19.1. The fourth-order valence-electron chi connectivity index (χ4n) is 3.57. The van der Waals surface area contributed by atoms with Crippen LogP contribution in [0.4, 0.5) is 0 Å². The minimum absolute atomic E-state index is 0.110. The summed E-state index contributed by atoms with van der Waals surface area (Å²) in [6.45, 7) is 5.85. The first-order chi connectivity index (χ1) is 13.2. The molecule has 1 aromatic heterocycles. The number of rotatable bonds is 6. The molecule has 1 aromatic rings. The quantitative estimate of drug-likeness (QED) is 0.547. The number of piperidine rings is 1. The number of carbonyl (C=O) groups excluding carboxylic acids is 1. The van der Waals surface area contributed by atoms with Crippen LogP contribution in [0, 0.1) is 0 Å². The Kier molecular flexibility index (Phi) is 7.03. The zero-order valence-corrected chi connectivity index (χ0v) is 16.4. The molecule has 2 aliphatic heterocycles. The number of aromatic nitrogens is 3. The smallest absolute Gasteiger partial charge is 0.244 e. The number of nitrogens with one attached hydrogen (secondary N) is 2. The van der Waals surface area contributed by atoms with E-state index in [-0.39, 0.29) is 18.5 Å². The molecule has 3 heterocycles. The highest BCUT2D eigenvalue weighted by molar-refractivity contribution is 5.85. The SMILES string of the molecule is CCNC(=NCC(=O)N1CCCCC1)NC1CCc2nc(COC)nn2C1. The van der Waals surface area contributed by atoms with E-state index in [1.165, 1.54) is 6.42 Å². The van der Waals surface area contributed by atoms with Gasteiger partial charge in [0.15, 0.2) is 11.8 Å². The van der Waals surface area contributed by atoms with Gasteiger partial charge in [0.05, 0.1) is 6.54 Å². The van der Waals surface area contributed by atoms with Gasteiger partial charge in [0, 0.05) is 39.2 Å². The summed E-state index contributed by atoms with van der Waals surface area (Å²) in [5, 5.41) is 11.2. The topological polar surface area (TPSA) is 96.7 Å². The molecule has 0 aromatic carbocycles. The van der Waals surface area contributed by atoms with Crippen LogP contribution in [0.2, 0.25) is 0 Å². The minimum atomic E-state index is 0.110. The first-order valence-corrected chi connectivity index (χ1v) is 9.93. The van der Waals surface area contributed by atoms with Crippen molar-refractivity contribution in [3.63, 3.8) is 0 Å². The monoisotopic (exact) mass is 377 g/mol. The summed E-state index contributed by atoms with van der Waals surface area (Å²) in [6, 6.07) is 0.206. The first kappa shape index (κ1) is 19.6. The normalized spacial score (nSPS) is 20.3. The Morgan fingerprint density at radius 1 is 1.33 bits per heavy atom. The Balaban J connectivity index is 1.56. The summed E-state index contributed by atoms with van der Waals surface area (Å²) >= 11 is 0. The van der Waals surface area contributed by atoms with E-state index < -0.39 is 0 Å². The number of nitrogens with zero attached hydrogens (tertiary/aromatic N) is 5. The van der Waals surface area contributed by atoms with Crippen molar-refractivity contribution in [2.24, 2.45) is 4.99 Å². The number of amides is 1. The number of likely N-dealkylation sites (tertiary alicyclic amines) is 1. The first-order valence-electron chi connectivity index (χ1n) is 9.93. The van der Waals surface area contributed by atoms with E-state index in [1.54, 1.807) is 7.11 Å². The molecule has 3 rings (SSSR count). The fraction of sp³-hybridized carbons (Fsp3) is 0.778. The molecule has 9 heteroatoms. The maximum atomic E-state index is 12.4. The van der Waals surface area contributed by atoms with Gasteiger partial charge < -0.3 is 20.3 Å². The van der Waals surface area contributed by atoms with E-state index in [0.717, 1.165) is 63.5 Å². The van der Waals surface area contributed by atoms with Gasteiger partial charge in [-0.2, -0.15) is 5.10 Å². The van der Waals surface area contributed by atoms with E-state index in [9.17, 15) is 4.79 Å². The van der Waals surface area contributed by atoms with Crippen LogP contribution in [-0.4, -0.2) is 70.9 Å². The lowest BCUT2D eigenvalue weighted by Crippen LogP contribution is -2.47. The average molecular weight is 377 g/mol. The fourth-order valence-corrected chi connectivity index (χ4v) is 3.57. The number of hydrogen-bond donors (Lipinski definition) is 2. The number of guanidine groups is 1. The molecule has 1 amide bonds. The largest absolute Gasteiger partial charge is 0.377 e. The van der Waals surface area contributed by atoms with Gasteiger partial charge in [-0.15, -0.1) is 0 Å². The standard InChI is InChI=1S/C18H31N7O2/c1-3-19-18(20-11-17(26)24-9-5-4-6-10-24)21-14-7-8-16-22-15(13-27-2)23-25(16)12-14/h14H,3-13H2,1-2H3,(H2,19,20,21). The molecule has 0 radical (unpaired) electrons. The third-order valence-electron chi connectivity index (χ3n) is 4.94. The predicted molar refractivity (Wildman–Crippen MR) is 102 cm³/mol. The van der Waals surface area contributed by atoms with Crippen molar-refractivity contribution in [1.29, 1.82) is 0 Å². The summed E-state index contributed by atoms with van der Waals surface area (Å²) < 4.78 is 7.06. The van der Waals surface area contributed by atoms with Gasteiger partial charge in [0.1, 0.15) is 19.0 Å². The van der Waals surface area contributed by atoms with E-state index in [0.29, 0.717) is 12.6 Å². The molecule has 0 spiro atoms. The second-order valence-corrected chi connectivity index (χ2v) is 7.08. The summed E-state index contributed by atoms with van der Waals surface area (Å²) in [5.41, 5.74) is 0. The highest BCUT2D eigenvalue weighted by Gasteiger charge is 2.23. The van der Waals surface area contributed by atoms with Crippen LogP contribution in [0.15, 0.2) is 4.99 Å². The van der Waals surface area contributed by atoms with Crippen LogP contribution < -0.4 is 10.6 Å². The number of ether oxygens (including phenoxy) is 1. The minimum Gasteiger partial charge on any atom is -0.377 e. The summed E-state index contributed by atoms with van der Waals surface area (Å²) in [4.78, 5) is 23.3. The van der Waals surface area contributed by atoms with Crippen molar-refractivity contribution in [1.82, 2.24) is 30.3 Å². The molecule has 2 aliphatic rings. The molecule has 1 unspecified atom stereocenters. The predicted octanol–water partition coefficient (Wildman–Crippen LogP) is 0.307. The Labute approximate surface area is 160 Å². The molecule has 1 fully saturated rings. The Bertz CT molecular complexity index is 652. The van der Waals surface area contributed by atoms with Crippen molar-refractivity contribution < 1.29 is 9.53 Å². The Hall–Kier alpha value is -2.16. The summed E-state index contributed by atoms with van der Waals surface area (Å²) in [5.74, 6) is 2.52. The van der Waals surface area contributed by atoms with Crippen LogP contribution in [0.3, 0.4) is 0 Å². The lowest BCUT2D eigenvalue weighted by atomic mass is 10.1. The molecular weight excluding hydrogens is 346 g/mol. The van der Waals surface area contributed by atoms with Crippen molar-refractivity contribution in [2.45, 2.75) is 58.2 Å². The third kappa shape index (κ3) is 5.41. The van der Waals surface area contributed by atoms with Crippen molar-refractivity contribution in [3.05, 3.63) is 11.6 Å². The van der Waals surface area contributed by atoms with Gasteiger partial charge in [-0.25, -0.2) is 14.7 Å². The van der Waals surface area contributed by atoms with Crippen LogP contribution in [-0.2, 0) is 29.1 Å². The van der Waals surface area contributed by atoms with E-state index >= 15 is 0 Å². The van der Waals surface area contributed by atoms with Crippen LogP contribution >= 0.6 is 0 Å². The van der Waals surface area contributed by atoms with Crippen molar-refractivity contribution in [2.75, 3.05) is 33.3 Å². The average Bonchev–Trinajstić information content (AvgIpc) is 3.08. The molecule has 0 aliphatic carbocycles. The summed E-state index contributed by atoms with van der Waals surface area (Å²) in [7, 11) is 1.65. The number of aryl methyl sites for hydroxylation is 1. The second kappa shape index (κ2) is 9.68. The van der Waals surface area contributed by atoms with Gasteiger partial charge in [-0.3, -0.25) is 4.79 Å². The second-order valence-electron chi connectivity index (χ2n) is 7.08. The van der Waals surface area contributed by atoms with Gasteiger partial charge in [0.2, 0.25) is 5.91 Å². The van der Waals surface area contributed by atoms with E-state index in [1.807, 2.05) is 16.5 Å². The van der Waals surface area contributed by atoms with Crippen LogP contribution in [0.1, 0.15) is 44.3 Å². The number of carbonyl (C=O) groups is 1. The lowest BCUT2D eigenvalue weighted by Gasteiger charge is -2.27. The molecular formula is C18H31N7O2. The molecule has 2 N–H and O–H groups in total. The number of fused-ring (bicyclic) bond motifs is 1. The lowest BCUT2D eigenvalue weighted by molar-refractivity contribution is -0.130. The number of aliphatic imine (C=N–C) groups is 1. The van der Waals surface area contributed by atoms with Crippen molar-refractivity contribution in [3.8, 4) is 0 Å². The molecule has 1 atom stereocenters.